The lowest BCUT2D eigenvalue weighted by Crippen LogP contribution is -2.50. The van der Waals surface area contributed by atoms with E-state index in [0.29, 0.717) is 12.8 Å². The van der Waals surface area contributed by atoms with Gasteiger partial charge in [0.15, 0.2) is 6.67 Å². The predicted molar refractivity (Wildman–Crippen MR) is 165 cm³/mol. The van der Waals surface area contributed by atoms with E-state index in [9.17, 15) is 22.6 Å². The highest BCUT2D eigenvalue weighted by atomic mass is 32.2. The van der Waals surface area contributed by atoms with Crippen LogP contribution < -0.4 is 5.32 Å². The zero-order valence-corrected chi connectivity index (χ0v) is 27.1. The zero-order chi connectivity index (χ0) is 30.6. The fraction of sp³-hybridized carbons (Fsp3) is 0.750. The smallest absolute Gasteiger partial charge is 0.226 e. The van der Waals surface area contributed by atoms with Crippen LogP contribution in [0, 0.1) is 6.92 Å². The lowest BCUT2D eigenvalue weighted by atomic mass is 10.0. The van der Waals surface area contributed by atoms with E-state index in [1.54, 1.807) is 12.1 Å². The Bertz CT molecular complexity index is 964. The van der Waals surface area contributed by atoms with Gasteiger partial charge >= 0.3 is 0 Å². The Morgan fingerprint density at radius 2 is 1.44 bits per heavy atom. The van der Waals surface area contributed by atoms with Gasteiger partial charge in [-0.15, -0.1) is 0 Å². The highest BCUT2D eigenvalue weighted by molar-refractivity contribution is 7.85. The minimum Gasteiger partial charge on any atom is -0.744 e. The summed E-state index contributed by atoms with van der Waals surface area (Å²) in [6.45, 7) is 7.49. The van der Waals surface area contributed by atoms with Gasteiger partial charge in [0.1, 0.15) is 10.1 Å². The van der Waals surface area contributed by atoms with Crippen LogP contribution >= 0.6 is 0 Å². The van der Waals surface area contributed by atoms with Crippen molar-refractivity contribution in [1.82, 2.24) is 10.2 Å². The molecule has 1 N–H and O–H groups in total. The first-order chi connectivity index (χ1) is 19.4. The second kappa shape index (κ2) is 20.8. The molecule has 2 rings (SSSR count). The molecule has 0 atom stereocenters. The number of hydrogen-bond acceptors (Lipinski definition) is 5. The number of rotatable bonds is 20. The summed E-state index contributed by atoms with van der Waals surface area (Å²) in [4.78, 5) is 25.6. The van der Waals surface area contributed by atoms with Crippen LogP contribution in [0.15, 0.2) is 29.2 Å². The van der Waals surface area contributed by atoms with Crippen LogP contribution in [-0.4, -0.2) is 74.6 Å². The number of carbonyl (C=O) groups is 2. The maximum atomic E-state index is 12.0. The summed E-state index contributed by atoms with van der Waals surface area (Å²) < 4.78 is 32.0. The molecule has 0 spiro atoms. The van der Waals surface area contributed by atoms with Crippen LogP contribution in [0.2, 0.25) is 0 Å². The fourth-order valence-corrected chi connectivity index (χ4v) is 5.51. The SMILES string of the molecule is CCCCCCCCCCCCCCC(=O)NCCC[N+](C)(C)CN1CCCC1=O.Cc1ccc(S(=O)(=O)[O-])cc1. The van der Waals surface area contributed by atoms with Crippen LogP contribution in [0.1, 0.15) is 115 Å². The largest absolute Gasteiger partial charge is 0.744 e. The summed E-state index contributed by atoms with van der Waals surface area (Å²) in [7, 11) is 0.0635. The van der Waals surface area contributed by atoms with Gasteiger partial charge in [-0.05, 0) is 31.9 Å². The number of unbranched alkanes of at least 4 members (excludes halogenated alkanes) is 11. The number of benzene rings is 1. The van der Waals surface area contributed by atoms with Gasteiger partial charge in [0, 0.05) is 32.4 Å². The Hall–Kier alpha value is -1.97. The molecule has 1 aliphatic rings. The Morgan fingerprint density at radius 1 is 0.902 bits per heavy atom. The third-order valence-electron chi connectivity index (χ3n) is 7.55. The standard InChI is InChI=1S/C25H49N3O2.C7H8O3S/c1-4-5-6-7-8-9-10-11-12-13-14-15-18-24(29)26-20-17-22-28(2,3)23-27-21-16-19-25(27)30;1-6-2-4-7(5-3-6)11(8,9)10/h4-23H2,1-3H3;2-5H,1H3,(H,8,9,10). The first kappa shape index (κ1) is 37.1. The number of carbonyl (C=O) groups excluding carboxylic acids is 2. The van der Waals surface area contributed by atoms with Crippen molar-refractivity contribution in [3.05, 3.63) is 29.8 Å². The minimum absolute atomic E-state index is 0.178. The summed E-state index contributed by atoms with van der Waals surface area (Å²) in [6.07, 6.45) is 19.2. The number of nitrogens with zero attached hydrogens (tertiary/aromatic N) is 2. The highest BCUT2D eigenvalue weighted by Gasteiger charge is 2.27. The lowest BCUT2D eigenvalue weighted by molar-refractivity contribution is -0.898. The van der Waals surface area contributed by atoms with Crippen LogP contribution in [0.25, 0.3) is 0 Å². The topological polar surface area (TPSA) is 107 Å². The number of nitrogens with one attached hydrogen (secondary N) is 1. The number of likely N-dealkylation sites (tertiary alicyclic amines) is 1. The van der Waals surface area contributed by atoms with Crippen molar-refractivity contribution < 1.29 is 27.0 Å². The summed E-state index contributed by atoms with van der Waals surface area (Å²) in [5, 5.41) is 3.07. The van der Waals surface area contributed by atoms with E-state index >= 15 is 0 Å². The Balaban J connectivity index is 0.000000634. The van der Waals surface area contributed by atoms with Crippen molar-refractivity contribution >= 4 is 21.9 Å². The maximum Gasteiger partial charge on any atom is 0.226 e. The van der Waals surface area contributed by atoms with Crippen molar-refractivity contribution in [2.24, 2.45) is 0 Å². The zero-order valence-electron chi connectivity index (χ0n) is 26.3. The van der Waals surface area contributed by atoms with Crippen LogP contribution in [0.5, 0.6) is 0 Å². The van der Waals surface area contributed by atoms with E-state index in [4.69, 9.17) is 0 Å². The van der Waals surface area contributed by atoms with Gasteiger partial charge in [-0.1, -0.05) is 95.2 Å². The van der Waals surface area contributed by atoms with E-state index in [1.165, 1.54) is 82.8 Å². The number of hydrogen-bond donors (Lipinski definition) is 1. The number of quaternary nitrogens is 1. The van der Waals surface area contributed by atoms with Gasteiger partial charge in [-0.25, -0.2) is 8.42 Å². The molecule has 2 amide bonds. The molecule has 1 aliphatic heterocycles. The number of aryl methyl sites for hydroxylation is 1. The molecule has 0 aliphatic carbocycles. The molecule has 1 heterocycles. The van der Waals surface area contributed by atoms with Crippen molar-refractivity contribution in [3.63, 3.8) is 0 Å². The third kappa shape index (κ3) is 19.0. The monoisotopic (exact) mass is 595 g/mol. The van der Waals surface area contributed by atoms with Gasteiger partial charge in [0.2, 0.25) is 11.8 Å². The Morgan fingerprint density at radius 3 is 1.93 bits per heavy atom. The molecule has 0 saturated carbocycles. The van der Waals surface area contributed by atoms with Gasteiger partial charge in [0.05, 0.1) is 25.5 Å². The average Bonchev–Trinajstić information content (AvgIpc) is 3.30. The van der Waals surface area contributed by atoms with Crippen LogP contribution in [0.4, 0.5) is 0 Å². The molecule has 41 heavy (non-hydrogen) atoms. The molecule has 0 bridgehead atoms. The molecule has 236 valence electrons. The summed E-state index contributed by atoms with van der Waals surface area (Å²) in [5.74, 6) is 0.485. The molecule has 1 aromatic carbocycles. The normalized spacial score (nSPS) is 13.7. The second-order valence-electron chi connectivity index (χ2n) is 12.2. The molecule has 1 saturated heterocycles. The fourth-order valence-electron chi connectivity index (χ4n) is 5.04. The van der Waals surface area contributed by atoms with E-state index in [-0.39, 0.29) is 16.7 Å². The second-order valence-corrected chi connectivity index (χ2v) is 13.6. The third-order valence-corrected chi connectivity index (χ3v) is 8.40. The highest BCUT2D eigenvalue weighted by Crippen LogP contribution is 2.14. The molecule has 9 heteroatoms. The molecule has 8 nitrogen and oxygen atoms in total. The molecular weight excluding hydrogens is 538 g/mol. The van der Waals surface area contributed by atoms with Gasteiger partial charge in [0.25, 0.3) is 0 Å². The van der Waals surface area contributed by atoms with Gasteiger partial charge in [-0.2, -0.15) is 0 Å². The van der Waals surface area contributed by atoms with Gasteiger partial charge in [-0.3, -0.25) is 14.5 Å². The lowest BCUT2D eigenvalue weighted by Gasteiger charge is -2.33. The minimum atomic E-state index is -4.27. The van der Waals surface area contributed by atoms with Crippen LogP contribution in [-0.2, 0) is 19.7 Å². The van der Waals surface area contributed by atoms with Crippen molar-refractivity contribution in [3.8, 4) is 0 Å². The Labute approximate surface area is 250 Å². The molecule has 0 radical (unpaired) electrons. The van der Waals surface area contributed by atoms with Gasteiger partial charge < -0.3 is 14.4 Å². The van der Waals surface area contributed by atoms with E-state index in [1.807, 2.05) is 11.8 Å². The quantitative estimate of drug-likeness (QED) is 0.111. The molecule has 0 unspecified atom stereocenters. The molecule has 1 aromatic rings. The molecule has 1 fully saturated rings. The maximum absolute atomic E-state index is 12.0. The molecule has 0 aromatic heterocycles. The van der Waals surface area contributed by atoms with Crippen molar-refractivity contribution in [2.45, 2.75) is 121 Å². The molecular formula is C32H57N3O5S. The first-order valence-corrected chi connectivity index (χ1v) is 17.2. The summed E-state index contributed by atoms with van der Waals surface area (Å²) >= 11 is 0. The average molecular weight is 596 g/mol. The van der Waals surface area contributed by atoms with E-state index < -0.39 is 10.1 Å². The summed E-state index contributed by atoms with van der Waals surface area (Å²) in [5.41, 5.74) is 0.928. The van der Waals surface area contributed by atoms with Crippen LogP contribution in [0.3, 0.4) is 0 Å². The van der Waals surface area contributed by atoms with Crippen molar-refractivity contribution in [2.75, 3.05) is 40.4 Å². The Kier molecular flexibility index (Phi) is 18.8. The summed E-state index contributed by atoms with van der Waals surface area (Å²) in [6, 6.07) is 5.78. The first-order valence-electron chi connectivity index (χ1n) is 15.8. The number of amides is 2. The predicted octanol–water partition coefficient (Wildman–Crippen LogP) is 6.14. The van der Waals surface area contributed by atoms with E-state index in [2.05, 4.69) is 26.3 Å². The van der Waals surface area contributed by atoms with Crippen molar-refractivity contribution in [1.29, 1.82) is 0 Å². The van der Waals surface area contributed by atoms with E-state index in [0.717, 1.165) is 55.6 Å².